The maximum atomic E-state index is 11.9. The lowest BCUT2D eigenvalue weighted by molar-refractivity contribution is 0.0935. The first-order valence-corrected chi connectivity index (χ1v) is 6.85. The predicted octanol–water partition coefficient (Wildman–Crippen LogP) is 3.40. The summed E-state index contributed by atoms with van der Waals surface area (Å²) in [7, 11) is 0. The number of amides is 1. The molecule has 0 aliphatic rings. The molecule has 0 bridgehead atoms. The molecule has 17 heavy (non-hydrogen) atoms. The third kappa shape index (κ3) is 3.14. The molecule has 2 rings (SSSR count). The number of thiophene rings is 1. The molecule has 1 N–H and O–H groups in total. The number of hydrogen-bond acceptors (Lipinski definition) is 3. The van der Waals surface area contributed by atoms with E-state index in [0.29, 0.717) is 5.69 Å². The lowest BCUT2D eigenvalue weighted by Gasteiger charge is -2.11. The highest BCUT2D eigenvalue weighted by Gasteiger charge is 2.12. The molecule has 0 aromatic carbocycles. The lowest BCUT2D eigenvalue weighted by atomic mass is 10.2. The highest BCUT2D eigenvalue weighted by atomic mass is 79.9. The molecule has 2 aromatic heterocycles. The minimum Gasteiger partial charge on any atom is -0.344 e. The molecule has 88 valence electrons. The van der Waals surface area contributed by atoms with Crippen LogP contribution in [0, 0.1) is 0 Å². The van der Waals surface area contributed by atoms with Gasteiger partial charge in [-0.05, 0) is 57.4 Å². The number of nitrogens with zero attached hydrogens (tertiary/aromatic N) is 1. The zero-order chi connectivity index (χ0) is 12.3. The number of halogens is 1. The monoisotopic (exact) mass is 310 g/mol. The number of aromatic nitrogens is 1. The third-order valence-electron chi connectivity index (χ3n) is 2.35. The molecule has 0 aliphatic carbocycles. The predicted molar refractivity (Wildman–Crippen MR) is 72.1 cm³/mol. The van der Waals surface area contributed by atoms with Gasteiger partial charge in [-0.2, -0.15) is 11.3 Å². The first-order valence-electron chi connectivity index (χ1n) is 5.11. The van der Waals surface area contributed by atoms with Gasteiger partial charge in [0.05, 0.1) is 6.04 Å². The molecule has 0 spiro atoms. The zero-order valence-corrected chi connectivity index (χ0v) is 11.6. The average molecular weight is 311 g/mol. The van der Waals surface area contributed by atoms with E-state index in [1.807, 2.05) is 23.8 Å². The van der Waals surface area contributed by atoms with Crippen molar-refractivity contribution in [2.75, 3.05) is 0 Å². The standard InChI is InChI=1S/C12H11BrN2OS/c1-8(9-4-5-17-7-9)15-12(16)11-3-2-10(13)6-14-11/h2-8H,1H3,(H,15,16). The smallest absolute Gasteiger partial charge is 0.270 e. The van der Waals surface area contributed by atoms with Crippen molar-refractivity contribution in [1.82, 2.24) is 10.3 Å². The van der Waals surface area contributed by atoms with Crippen molar-refractivity contribution in [3.63, 3.8) is 0 Å². The van der Waals surface area contributed by atoms with E-state index in [0.717, 1.165) is 10.0 Å². The van der Waals surface area contributed by atoms with Crippen LogP contribution < -0.4 is 5.32 Å². The summed E-state index contributed by atoms with van der Waals surface area (Å²) in [4.78, 5) is 15.9. The molecule has 1 unspecified atom stereocenters. The van der Waals surface area contributed by atoms with Crippen LogP contribution in [0.25, 0.3) is 0 Å². The summed E-state index contributed by atoms with van der Waals surface area (Å²) in [5.41, 5.74) is 1.54. The minimum atomic E-state index is -0.156. The number of carbonyl (C=O) groups is 1. The van der Waals surface area contributed by atoms with Crippen molar-refractivity contribution in [3.8, 4) is 0 Å². The summed E-state index contributed by atoms with van der Waals surface area (Å²) >= 11 is 4.90. The van der Waals surface area contributed by atoms with Gasteiger partial charge in [0, 0.05) is 10.7 Å². The van der Waals surface area contributed by atoms with Crippen molar-refractivity contribution < 1.29 is 4.79 Å². The van der Waals surface area contributed by atoms with Gasteiger partial charge in [0.15, 0.2) is 0 Å². The van der Waals surface area contributed by atoms with Crippen LogP contribution in [0.2, 0.25) is 0 Å². The second kappa shape index (κ2) is 5.42. The molecular formula is C12H11BrN2OS. The Balaban J connectivity index is 2.04. The van der Waals surface area contributed by atoms with Gasteiger partial charge in [-0.15, -0.1) is 0 Å². The van der Waals surface area contributed by atoms with Crippen LogP contribution in [-0.4, -0.2) is 10.9 Å². The van der Waals surface area contributed by atoms with E-state index in [2.05, 4.69) is 26.2 Å². The maximum Gasteiger partial charge on any atom is 0.270 e. The fourth-order valence-corrected chi connectivity index (χ4v) is 2.37. The Morgan fingerprint density at radius 1 is 1.47 bits per heavy atom. The highest BCUT2D eigenvalue weighted by molar-refractivity contribution is 9.10. The van der Waals surface area contributed by atoms with Crippen molar-refractivity contribution in [2.24, 2.45) is 0 Å². The lowest BCUT2D eigenvalue weighted by Crippen LogP contribution is -2.27. The van der Waals surface area contributed by atoms with Gasteiger partial charge in [-0.25, -0.2) is 4.98 Å². The van der Waals surface area contributed by atoms with Crippen LogP contribution in [0.15, 0.2) is 39.6 Å². The van der Waals surface area contributed by atoms with Gasteiger partial charge in [-0.3, -0.25) is 4.79 Å². The molecule has 0 saturated carbocycles. The van der Waals surface area contributed by atoms with Crippen LogP contribution in [0.3, 0.4) is 0 Å². The van der Waals surface area contributed by atoms with Gasteiger partial charge in [0.1, 0.15) is 5.69 Å². The summed E-state index contributed by atoms with van der Waals surface area (Å²) in [5, 5.41) is 6.93. The highest BCUT2D eigenvalue weighted by Crippen LogP contribution is 2.16. The van der Waals surface area contributed by atoms with Crippen molar-refractivity contribution >= 4 is 33.2 Å². The summed E-state index contributed by atoms with van der Waals surface area (Å²) in [6, 6.07) is 5.50. The van der Waals surface area contributed by atoms with Gasteiger partial charge in [-0.1, -0.05) is 0 Å². The molecule has 0 saturated heterocycles. The Bertz CT molecular complexity index is 496. The molecule has 0 fully saturated rings. The second-order valence-corrected chi connectivity index (χ2v) is 5.31. The van der Waals surface area contributed by atoms with E-state index in [-0.39, 0.29) is 11.9 Å². The Kier molecular flexibility index (Phi) is 3.91. The SMILES string of the molecule is CC(NC(=O)c1ccc(Br)cn1)c1ccsc1. The second-order valence-electron chi connectivity index (χ2n) is 3.61. The van der Waals surface area contributed by atoms with Crippen molar-refractivity contribution in [2.45, 2.75) is 13.0 Å². The van der Waals surface area contributed by atoms with E-state index in [1.165, 1.54) is 0 Å². The van der Waals surface area contributed by atoms with Gasteiger partial charge in [0.25, 0.3) is 5.91 Å². The zero-order valence-electron chi connectivity index (χ0n) is 9.18. The Hall–Kier alpha value is -1.20. The molecule has 5 heteroatoms. The summed E-state index contributed by atoms with van der Waals surface area (Å²) in [5.74, 6) is -0.156. The Morgan fingerprint density at radius 3 is 2.88 bits per heavy atom. The Labute approximate surface area is 112 Å². The number of pyridine rings is 1. The van der Waals surface area contributed by atoms with Gasteiger partial charge in [0.2, 0.25) is 0 Å². The first kappa shape index (κ1) is 12.3. The maximum absolute atomic E-state index is 11.9. The van der Waals surface area contributed by atoms with Gasteiger partial charge < -0.3 is 5.32 Å². The molecule has 2 aromatic rings. The number of hydrogen-bond donors (Lipinski definition) is 1. The average Bonchev–Trinajstić information content (AvgIpc) is 2.83. The summed E-state index contributed by atoms with van der Waals surface area (Å²) < 4.78 is 0.861. The minimum absolute atomic E-state index is 0.000744. The Morgan fingerprint density at radius 2 is 2.29 bits per heavy atom. The largest absolute Gasteiger partial charge is 0.344 e. The normalized spacial score (nSPS) is 12.1. The van der Waals surface area contributed by atoms with Crippen LogP contribution in [0.5, 0.6) is 0 Å². The van der Waals surface area contributed by atoms with E-state index in [9.17, 15) is 4.79 Å². The number of rotatable bonds is 3. The van der Waals surface area contributed by atoms with Crippen molar-refractivity contribution in [3.05, 3.63) is 50.9 Å². The molecule has 0 aliphatic heterocycles. The van der Waals surface area contributed by atoms with Crippen LogP contribution in [0.1, 0.15) is 29.0 Å². The third-order valence-corrected chi connectivity index (χ3v) is 3.52. The van der Waals surface area contributed by atoms with E-state index >= 15 is 0 Å². The van der Waals surface area contributed by atoms with Crippen molar-refractivity contribution in [1.29, 1.82) is 0 Å². The summed E-state index contributed by atoms with van der Waals surface area (Å²) in [6.07, 6.45) is 1.62. The van der Waals surface area contributed by atoms with E-state index in [1.54, 1.807) is 29.7 Å². The molecule has 1 amide bonds. The van der Waals surface area contributed by atoms with Crippen LogP contribution in [0.4, 0.5) is 0 Å². The first-order chi connectivity index (χ1) is 8.16. The number of carbonyl (C=O) groups excluding carboxylic acids is 1. The molecule has 2 heterocycles. The quantitative estimate of drug-likeness (QED) is 0.944. The van der Waals surface area contributed by atoms with Gasteiger partial charge >= 0.3 is 0 Å². The molecular weight excluding hydrogens is 300 g/mol. The molecule has 0 radical (unpaired) electrons. The topological polar surface area (TPSA) is 42.0 Å². The summed E-state index contributed by atoms with van der Waals surface area (Å²) in [6.45, 7) is 1.96. The number of nitrogens with one attached hydrogen (secondary N) is 1. The van der Waals surface area contributed by atoms with E-state index < -0.39 is 0 Å². The fraction of sp³-hybridized carbons (Fsp3) is 0.167. The fourth-order valence-electron chi connectivity index (χ4n) is 1.39. The van der Waals surface area contributed by atoms with Crippen LogP contribution in [-0.2, 0) is 0 Å². The molecule has 1 atom stereocenters. The molecule has 3 nitrogen and oxygen atoms in total. The van der Waals surface area contributed by atoms with E-state index in [4.69, 9.17) is 0 Å². The van der Waals surface area contributed by atoms with Crippen LogP contribution >= 0.6 is 27.3 Å².